The van der Waals surface area contributed by atoms with E-state index in [1.54, 1.807) is 6.07 Å². The highest BCUT2D eigenvalue weighted by molar-refractivity contribution is 5.33. The predicted octanol–water partition coefficient (Wildman–Crippen LogP) is 2.76. The van der Waals surface area contributed by atoms with E-state index in [-0.39, 0.29) is 5.82 Å². The first-order valence-corrected chi connectivity index (χ1v) is 7.91. The second-order valence-electron chi connectivity index (χ2n) is 6.17. The van der Waals surface area contributed by atoms with Crippen molar-refractivity contribution in [1.82, 2.24) is 9.80 Å². The Morgan fingerprint density at radius 3 is 2.52 bits per heavy atom. The number of rotatable bonds is 3. The monoisotopic (exact) mass is 287 g/mol. The topological polar surface area (TPSA) is 30.3 Å². The van der Waals surface area contributed by atoms with E-state index in [4.69, 9.17) is 5.26 Å². The first-order chi connectivity index (χ1) is 10.3. The third kappa shape index (κ3) is 3.42. The van der Waals surface area contributed by atoms with Crippen LogP contribution in [0.1, 0.15) is 36.8 Å². The lowest BCUT2D eigenvalue weighted by atomic mass is 10.1. The predicted molar refractivity (Wildman–Crippen MR) is 80.2 cm³/mol. The molecule has 0 spiro atoms. The van der Waals surface area contributed by atoms with Crippen LogP contribution < -0.4 is 0 Å². The number of hydrogen-bond acceptors (Lipinski definition) is 3. The molecule has 0 bridgehead atoms. The van der Waals surface area contributed by atoms with Crippen LogP contribution in [0.15, 0.2) is 18.2 Å². The summed E-state index contributed by atoms with van der Waals surface area (Å²) in [6.07, 6.45) is 5.44. The normalized spacial score (nSPS) is 21.5. The highest BCUT2D eigenvalue weighted by atomic mass is 19.1. The molecule has 0 aromatic heterocycles. The minimum Gasteiger partial charge on any atom is -0.298 e. The Bertz CT molecular complexity index is 523. The molecule has 0 amide bonds. The third-order valence-corrected chi connectivity index (χ3v) is 4.82. The summed E-state index contributed by atoms with van der Waals surface area (Å²) < 4.78 is 13.8. The molecule has 1 aromatic rings. The van der Waals surface area contributed by atoms with Crippen LogP contribution in [0.5, 0.6) is 0 Å². The van der Waals surface area contributed by atoms with Gasteiger partial charge in [-0.15, -0.1) is 0 Å². The van der Waals surface area contributed by atoms with Crippen molar-refractivity contribution in [2.24, 2.45) is 0 Å². The molecule has 3 nitrogen and oxygen atoms in total. The Morgan fingerprint density at radius 1 is 1.14 bits per heavy atom. The van der Waals surface area contributed by atoms with Crippen molar-refractivity contribution >= 4 is 0 Å². The molecule has 0 atom stereocenters. The first-order valence-electron chi connectivity index (χ1n) is 7.91. The molecule has 1 saturated heterocycles. The average molecular weight is 287 g/mol. The summed E-state index contributed by atoms with van der Waals surface area (Å²) in [5.41, 5.74) is 1.18. The van der Waals surface area contributed by atoms with E-state index in [1.807, 2.05) is 0 Å². The Balaban J connectivity index is 1.56. The molecule has 2 fully saturated rings. The van der Waals surface area contributed by atoms with Crippen molar-refractivity contribution in [1.29, 1.82) is 5.26 Å². The second kappa shape index (κ2) is 6.55. The number of piperazine rings is 1. The van der Waals surface area contributed by atoms with Crippen LogP contribution >= 0.6 is 0 Å². The molecular formula is C17H22FN3. The number of hydrogen-bond donors (Lipinski definition) is 0. The summed E-state index contributed by atoms with van der Waals surface area (Å²) in [4.78, 5) is 4.90. The Labute approximate surface area is 126 Å². The second-order valence-corrected chi connectivity index (χ2v) is 6.17. The van der Waals surface area contributed by atoms with Gasteiger partial charge < -0.3 is 0 Å². The molecule has 0 N–H and O–H groups in total. The maximum absolute atomic E-state index is 13.8. The lowest BCUT2D eigenvalue weighted by Gasteiger charge is -2.38. The largest absolute Gasteiger partial charge is 0.298 e. The first kappa shape index (κ1) is 14.5. The number of halogens is 1. The van der Waals surface area contributed by atoms with Crippen LogP contribution in [0, 0.1) is 17.1 Å². The number of benzene rings is 1. The van der Waals surface area contributed by atoms with Crippen LogP contribution in [0.3, 0.4) is 0 Å². The van der Waals surface area contributed by atoms with Gasteiger partial charge in [-0.1, -0.05) is 12.8 Å². The summed E-state index contributed by atoms with van der Waals surface area (Å²) in [6, 6.07) is 7.49. The average Bonchev–Trinajstić information content (AvgIpc) is 3.04. The van der Waals surface area contributed by atoms with Gasteiger partial charge in [0.05, 0.1) is 11.6 Å². The fourth-order valence-corrected chi connectivity index (χ4v) is 3.56. The van der Waals surface area contributed by atoms with Gasteiger partial charge >= 0.3 is 0 Å². The molecule has 1 aromatic carbocycles. The van der Waals surface area contributed by atoms with Crippen molar-refractivity contribution in [2.45, 2.75) is 38.3 Å². The van der Waals surface area contributed by atoms with Gasteiger partial charge in [0.25, 0.3) is 0 Å². The lowest BCUT2D eigenvalue weighted by molar-refractivity contribution is 0.0930. The Hall–Kier alpha value is -1.44. The molecular weight excluding hydrogens is 265 g/mol. The van der Waals surface area contributed by atoms with Crippen molar-refractivity contribution in [3.05, 3.63) is 35.1 Å². The highest BCUT2D eigenvalue weighted by Crippen LogP contribution is 2.24. The highest BCUT2D eigenvalue weighted by Gasteiger charge is 2.26. The van der Waals surface area contributed by atoms with E-state index in [0.717, 1.165) is 32.2 Å². The summed E-state index contributed by atoms with van der Waals surface area (Å²) in [7, 11) is 0. The smallest absolute Gasteiger partial charge is 0.127 e. The standard InChI is InChI=1S/C17H22FN3/c18-17-6-5-14(12-19)11-15(17)13-20-7-9-21(10-8-20)16-3-1-2-4-16/h5-6,11,16H,1-4,7-10,13H2. The van der Waals surface area contributed by atoms with E-state index < -0.39 is 0 Å². The molecule has 1 heterocycles. The molecule has 112 valence electrons. The zero-order valence-corrected chi connectivity index (χ0v) is 12.4. The molecule has 0 radical (unpaired) electrons. The molecule has 4 heteroatoms. The Kier molecular flexibility index (Phi) is 4.52. The van der Waals surface area contributed by atoms with E-state index in [2.05, 4.69) is 15.9 Å². The van der Waals surface area contributed by atoms with Crippen molar-refractivity contribution in [3.8, 4) is 6.07 Å². The van der Waals surface area contributed by atoms with Gasteiger partial charge in [0.2, 0.25) is 0 Å². The third-order valence-electron chi connectivity index (χ3n) is 4.82. The fraction of sp³-hybridized carbons (Fsp3) is 0.588. The SMILES string of the molecule is N#Cc1ccc(F)c(CN2CCN(C3CCCC3)CC2)c1. The zero-order chi connectivity index (χ0) is 14.7. The molecule has 21 heavy (non-hydrogen) atoms. The lowest BCUT2D eigenvalue weighted by Crippen LogP contribution is -2.49. The van der Waals surface area contributed by atoms with Crippen molar-refractivity contribution in [2.75, 3.05) is 26.2 Å². The van der Waals surface area contributed by atoms with Crippen molar-refractivity contribution < 1.29 is 4.39 Å². The van der Waals surface area contributed by atoms with E-state index in [1.165, 1.54) is 37.8 Å². The molecule has 0 unspecified atom stereocenters. The van der Waals surface area contributed by atoms with E-state index >= 15 is 0 Å². The molecule has 1 aliphatic carbocycles. The van der Waals surface area contributed by atoms with Crippen LogP contribution in [-0.4, -0.2) is 42.0 Å². The summed E-state index contributed by atoms with van der Waals surface area (Å²) in [5, 5.41) is 8.92. The molecule has 2 aliphatic rings. The van der Waals surface area contributed by atoms with Crippen LogP contribution in [0.4, 0.5) is 4.39 Å². The van der Waals surface area contributed by atoms with Gasteiger partial charge in [0, 0.05) is 44.3 Å². The van der Waals surface area contributed by atoms with Crippen LogP contribution in [0.2, 0.25) is 0 Å². The van der Waals surface area contributed by atoms with Gasteiger partial charge in [-0.3, -0.25) is 9.80 Å². The maximum atomic E-state index is 13.8. The van der Waals surface area contributed by atoms with Gasteiger partial charge in [-0.25, -0.2) is 4.39 Å². The number of nitrogens with zero attached hydrogens (tertiary/aromatic N) is 3. The zero-order valence-electron chi connectivity index (χ0n) is 12.4. The minimum atomic E-state index is -0.202. The molecule has 1 aliphatic heterocycles. The Morgan fingerprint density at radius 2 is 1.86 bits per heavy atom. The summed E-state index contributed by atoms with van der Waals surface area (Å²) in [6.45, 7) is 4.77. The quantitative estimate of drug-likeness (QED) is 0.856. The van der Waals surface area contributed by atoms with Crippen LogP contribution in [0.25, 0.3) is 0 Å². The van der Waals surface area contributed by atoms with Crippen LogP contribution in [-0.2, 0) is 6.54 Å². The van der Waals surface area contributed by atoms with E-state index in [9.17, 15) is 4.39 Å². The van der Waals surface area contributed by atoms with Gasteiger partial charge in [0.15, 0.2) is 0 Å². The van der Waals surface area contributed by atoms with Gasteiger partial charge in [-0.2, -0.15) is 5.26 Å². The number of nitriles is 1. The minimum absolute atomic E-state index is 0.202. The fourth-order valence-electron chi connectivity index (χ4n) is 3.56. The maximum Gasteiger partial charge on any atom is 0.127 e. The summed E-state index contributed by atoms with van der Waals surface area (Å²) in [5.74, 6) is -0.202. The molecule has 3 rings (SSSR count). The van der Waals surface area contributed by atoms with Gasteiger partial charge in [0.1, 0.15) is 5.82 Å². The summed E-state index contributed by atoms with van der Waals surface area (Å²) >= 11 is 0. The molecule has 1 saturated carbocycles. The van der Waals surface area contributed by atoms with Crippen molar-refractivity contribution in [3.63, 3.8) is 0 Å². The van der Waals surface area contributed by atoms with E-state index in [0.29, 0.717) is 17.7 Å². The van der Waals surface area contributed by atoms with Gasteiger partial charge in [-0.05, 0) is 31.0 Å².